The highest BCUT2D eigenvalue weighted by atomic mass is 14.7. The number of pyridine rings is 1. The molecule has 0 aliphatic carbocycles. The number of aromatic nitrogens is 1. The van der Waals surface area contributed by atoms with E-state index in [1.807, 2.05) is 13.1 Å². The second-order valence-electron chi connectivity index (χ2n) is 4.43. The van der Waals surface area contributed by atoms with E-state index in [1.54, 1.807) is 0 Å². The lowest BCUT2D eigenvalue weighted by Crippen LogP contribution is -1.92. The Morgan fingerprint density at radius 3 is 2.38 bits per heavy atom. The third-order valence-corrected chi connectivity index (χ3v) is 2.81. The zero-order chi connectivity index (χ0) is 11.5. The molecule has 16 heavy (non-hydrogen) atoms. The number of hydrogen-bond acceptors (Lipinski definition) is 1. The van der Waals surface area contributed by atoms with Gasteiger partial charge in [0, 0.05) is 17.5 Å². The van der Waals surface area contributed by atoms with Crippen molar-refractivity contribution in [3.63, 3.8) is 0 Å². The van der Waals surface area contributed by atoms with Gasteiger partial charge in [-0.15, -0.1) is 0 Å². The lowest BCUT2D eigenvalue weighted by Gasteiger charge is -2.12. The van der Waals surface area contributed by atoms with Crippen LogP contribution in [0.2, 0.25) is 0 Å². The van der Waals surface area contributed by atoms with Crippen LogP contribution in [0, 0.1) is 6.92 Å². The first-order chi connectivity index (χ1) is 7.68. The van der Waals surface area contributed by atoms with E-state index >= 15 is 0 Å². The van der Waals surface area contributed by atoms with Crippen molar-refractivity contribution < 1.29 is 0 Å². The Balaban J connectivity index is 2.51. The van der Waals surface area contributed by atoms with Gasteiger partial charge in [-0.2, -0.15) is 0 Å². The molecule has 2 rings (SSSR count). The highest BCUT2D eigenvalue weighted by Crippen LogP contribution is 2.28. The average Bonchev–Trinajstić information content (AvgIpc) is 2.30. The molecule has 82 valence electrons. The number of nitrogens with zero attached hydrogens (tertiary/aromatic N) is 1. The largest absolute Gasteiger partial charge is 0.261 e. The van der Waals surface area contributed by atoms with E-state index in [4.69, 9.17) is 0 Å². The first-order valence-electron chi connectivity index (χ1n) is 5.70. The van der Waals surface area contributed by atoms with Crippen LogP contribution < -0.4 is 0 Å². The van der Waals surface area contributed by atoms with Gasteiger partial charge in [-0.25, -0.2) is 0 Å². The summed E-state index contributed by atoms with van der Waals surface area (Å²) in [6.07, 6.45) is 1.95. The van der Waals surface area contributed by atoms with Crippen molar-refractivity contribution in [3.8, 4) is 11.1 Å². The highest BCUT2D eigenvalue weighted by Gasteiger charge is 2.07. The number of benzene rings is 1. The van der Waals surface area contributed by atoms with Crippen LogP contribution >= 0.6 is 0 Å². The molecule has 0 atom stereocenters. The maximum Gasteiger partial charge on any atom is 0.0373 e. The molecule has 0 unspecified atom stereocenters. The zero-order valence-corrected chi connectivity index (χ0v) is 10.1. The molecular formula is C15H17N. The van der Waals surface area contributed by atoms with E-state index in [-0.39, 0.29) is 0 Å². The first-order valence-corrected chi connectivity index (χ1v) is 5.70. The van der Waals surface area contributed by atoms with Gasteiger partial charge in [-0.3, -0.25) is 4.98 Å². The minimum Gasteiger partial charge on any atom is -0.261 e. The summed E-state index contributed by atoms with van der Waals surface area (Å²) in [6, 6.07) is 12.7. The molecular weight excluding hydrogens is 194 g/mol. The molecule has 2 aromatic rings. The van der Waals surface area contributed by atoms with Crippen molar-refractivity contribution in [2.75, 3.05) is 0 Å². The Bertz CT molecular complexity index is 469. The van der Waals surface area contributed by atoms with Gasteiger partial charge in [0.05, 0.1) is 0 Å². The van der Waals surface area contributed by atoms with Crippen molar-refractivity contribution in [1.29, 1.82) is 0 Å². The summed E-state index contributed by atoms with van der Waals surface area (Å²) < 4.78 is 0. The highest BCUT2D eigenvalue weighted by molar-refractivity contribution is 5.67. The van der Waals surface area contributed by atoms with Crippen molar-refractivity contribution in [2.45, 2.75) is 26.7 Å². The number of rotatable bonds is 2. The smallest absolute Gasteiger partial charge is 0.0373 e. The molecule has 1 heteroatoms. The van der Waals surface area contributed by atoms with Crippen LogP contribution in [0.15, 0.2) is 42.6 Å². The molecule has 0 N–H and O–H groups in total. The van der Waals surface area contributed by atoms with Gasteiger partial charge in [0.1, 0.15) is 0 Å². The summed E-state index contributed by atoms with van der Waals surface area (Å²) >= 11 is 0. The quantitative estimate of drug-likeness (QED) is 0.726. The predicted octanol–water partition coefficient (Wildman–Crippen LogP) is 4.18. The maximum atomic E-state index is 4.36. The standard InChI is InChI=1S/C15H17N/c1-11(2)14-6-4-5-7-15(14)13-9-8-12(3)16-10-13/h4-11H,1-3H3. The molecule has 0 saturated heterocycles. The van der Waals surface area contributed by atoms with Gasteiger partial charge in [0.25, 0.3) is 0 Å². The van der Waals surface area contributed by atoms with E-state index in [1.165, 1.54) is 16.7 Å². The molecule has 0 amide bonds. The maximum absolute atomic E-state index is 4.36. The Morgan fingerprint density at radius 1 is 1.00 bits per heavy atom. The fourth-order valence-electron chi connectivity index (χ4n) is 1.89. The monoisotopic (exact) mass is 211 g/mol. The second-order valence-corrected chi connectivity index (χ2v) is 4.43. The second kappa shape index (κ2) is 4.48. The third kappa shape index (κ3) is 2.13. The van der Waals surface area contributed by atoms with E-state index in [0.717, 1.165) is 5.69 Å². The Kier molecular flexibility index (Phi) is 3.04. The molecule has 1 aromatic heterocycles. The van der Waals surface area contributed by atoms with Crippen LogP contribution in [0.3, 0.4) is 0 Å². The van der Waals surface area contributed by atoms with Crippen LogP contribution in [0.25, 0.3) is 11.1 Å². The fourth-order valence-corrected chi connectivity index (χ4v) is 1.89. The minimum absolute atomic E-state index is 0.539. The van der Waals surface area contributed by atoms with Gasteiger partial charge in [0.2, 0.25) is 0 Å². The van der Waals surface area contributed by atoms with Crippen LogP contribution in [-0.4, -0.2) is 4.98 Å². The Hall–Kier alpha value is -1.63. The summed E-state index contributed by atoms with van der Waals surface area (Å²) in [6.45, 7) is 6.46. The lowest BCUT2D eigenvalue weighted by atomic mass is 9.93. The van der Waals surface area contributed by atoms with Gasteiger partial charge in [-0.05, 0) is 30.0 Å². The van der Waals surface area contributed by atoms with E-state index in [9.17, 15) is 0 Å². The molecule has 0 spiro atoms. The van der Waals surface area contributed by atoms with E-state index in [2.05, 4.69) is 55.2 Å². The van der Waals surface area contributed by atoms with Gasteiger partial charge < -0.3 is 0 Å². The molecule has 1 nitrogen and oxygen atoms in total. The van der Waals surface area contributed by atoms with Crippen molar-refractivity contribution >= 4 is 0 Å². The molecule has 0 fully saturated rings. The van der Waals surface area contributed by atoms with Crippen LogP contribution in [0.1, 0.15) is 31.0 Å². The SMILES string of the molecule is Cc1ccc(-c2ccccc2C(C)C)cn1. The Labute approximate surface area is 97.2 Å². The van der Waals surface area contributed by atoms with Crippen LogP contribution in [-0.2, 0) is 0 Å². The number of hydrogen-bond donors (Lipinski definition) is 0. The van der Waals surface area contributed by atoms with Crippen molar-refractivity contribution in [1.82, 2.24) is 4.98 Å². The normalized spacial score (nSPS) is 10.8. The lowest BCUT2D eigenvalue weighted by molar-refractivity contribution is 0.869. The molecule has 0 aliphatic rings. The average molecular weight is 211 g/mol. The molecule has 0 radical (unpaired) electrons. The summed E-state index contributed by atoms with van der Waals surface area (Å²) in [7, 11) is 0. The van der Waals surface area contributed by atoms with Crippen LogP contribution in [0.5, 0.6) is 0 Å². The summed E-state index contributed by atoms with van der Waals surface area (Å²) in [5.41, 5.74) is 4.94. The molecule has 1 aromatic carbocycles. The van der Waals surface area contributed by atoms with Gasteiger partial charge >= 0.3 is 0 Å². The summed E-state index contributed by atoms with van der Waals surface area (Å²) in [5, 5.41) is 0. The van der Waals surface area contributed by atoms with Crippen molar-refractivity contribution in [3.05, 3.63) is 53.9 Å². The summed E-state index contributed by atoms with van der Waals surface area (Å²) in [5.74, 6) is 0.539. The minimum atomic E-state index is 0.539. The third-order valence-electron chi connectivity index (χ3n) is 2.81. The predicted molar refractivity (Wildman–Crippen MR) is 68.5 cm³/mol. The van der Waals surface area contributed by atoms with Crippen molar-refractivity contribution in [2.24, 2.45) is 0 Å². The number of aryl methyl sites for hydroxylation is 1. The van der Waals surface area contributed by atoms with Gasteiger partial charge in [-0.1, -0.05) is 44.2 Å². The van der Waals surface area contributed by atoms with Gasteiger partial charge in [0.15, 0.2) is 0 Å². The van der Waals surface area contributed by atoms with E-state index in [0.29, 0.717) is 5.92 Å². The summed E-state index contributed by atoms with van der Waals surface area (Å²) in [4.78, 5) is 4.36. The molecule has 0 aliphatic heterocycles. The molecule has 0 bridgehead atoms. The fraction of sp³-hybridized carbons (Fsp3) is 0.267. The van der Waals surface area contributed by atoms with Crippen LogP contribution in [0.4, 0.5) is 0 Å². The molecule has 1 heterocycles. The first kappa shape index (κ1) is 10.9. The van der Waals surface area contributed by atoms with E-state index < -0.39 is 0 Å². The topological polar surface area (TPSA) is 12.9 Å². The zero-order valence-electron chi connectivity index (χ0n) is 10.1. The Morgan fingerprint density at radius 2 is 1.75 bits per heavy atom. The molecule has 0 saturated carbocycles.